The fraction of sp³-hybridized carbons (Fsp3) is 0.364. The van der Waals surface area contributed by atoms with Crippen LogP contribution in [0.15, 0.2) is 22.7 Å². The summed E-state index contributed by atoms with van der Waals surface area (Å²) in [6.45, 7) is 2.13. The van der Waals surface area contributed by atoms with E-state index in [1.54, 1.807) is 12.1 Å². The lowest BCUT2D eigenvalue weighted by molar-refractivity contribution is -0.119. The van der Waals surface area contributed by atoms with Crippen LogP contribution >= 0.6 is 15.9 Å². The van der Waals surface area contributed by atoms with Gasteiger partial charge in [-0.2, -0.15) is 0 Å². The summed E-state index contributed by atoms with van der Waals surface area (Å²) in [7, 11) is 0. The topological polar surface area (TPSA) is 55.1 Å². The molecule has 0 saturated heterocycles. The van der Waals surface area contributed by atoms with Crippen LogP contribution in [0.2, 0.25) is 0 Å². The van der Waals surface area contributed by atoms with Crippen molar-refractivity contribution in [2.75, 3.05) is 11.9 Å². The third kappa shape index (κ3) is 3.02. The second kappa shape index (κ2) is 5.96. The first kappa shape index (κ1) is 13.1. The van der Waals surface area contributed by atoms with E-state index in [4.69, 9.17) is 5.73 Å². The molecule has 16 heavy (non-hydrogen) atoms. The fourth-order valence-electron chi connectivity index (χ4n) is 1.30. The Kier molecular flexibility index (Phi) is 4.89. The molecular formula is C11H14BrFN2O. The highest BCUT2D eigenvalue weighted by Gasteiger charge is 2.17. The van der Waals surface area contributed by atoms with E-state index >= 15 is 0 Å². The van der Waals surface area contributed by atoms with E-state index < -0.39 is 5.82 Å². The van der Waals surface area contributed by atoms with Gasteiger partial charge in [-0.05, 0) is 34.5 Å². The van der Waals surface area contributed by atoms with Gasteiger partial charge in [-0.15, -0.1) is 0 Å². The summed E-state index contributed by atoms with van der Waals surface area (Å²) in [6, 6.07) is 4.53. The normalized spacial score (nSPS) is 12.2. The third-order valence-corrected chi connectivity index (χ3v) is 3.02. The number of anilines is 1. The van der Waals surface area contributed by atoms with Gasteiger partial charge in [-0.3, -0.25) is 4.79 Å². The summed E-state index contributed by atoms with van der Waals surface area (Å²) in [5.41, 5.74) is 5.61. The van der Waals surface area contributed by atoms with E-state index in [9.17, 15) is 9.18 Å². The molecule has 1 atom stereocenters. The van der Waals surface area contributed by atoms with Crippen molar-refractivity contribution < 1.29 is 9.18 Å². The molecule has 0 fully saturated rings. The minimum Gasteiger partial charge on any atom is -0.330 e. The highest BCUT2D eigenvalue weighted by molar-refractivity contribution is 9.10. The molecule has 1 aromatic rings. The van der Waals surface area contributed by atoms with Gasteiger partial charge in [0, 0.05) is 11.0 Å². The summed E-state index contributed by atoms with van der Waals surface area (Å²) in [5, 5.41) is 2.54. The van der Waals surface area contributed by atoms with Crippen LogP contribution in [0, 0.1) is 11.7 Å². The van der Waals surface area contributed by atoms with Crippen molar-refractivity contribution in [3.8, 4) is 0 Å². The molecule has 0 spiro atoms. The van der Waals surface area contributed by atoms with Crippen LogP contribution in [0.25, 0.3) is 0 Å². The molecule has 3 N–H and O–H groups in total. The lowest BCUT2D eigenvalue weighted by atomic mass is 10.1. The van der Waals surface area contributed by atoms with Gasteiger partial charge in [0.15, 0.2) is 0 Å². The first-order valence-corrected chi connectivity index (χ1v) is 5.84. The molecule has 0 aliphatic rings. The minimum absolute atomic E-state index is 0.166. The van der Waals surface area contributed by atoms with Crippen LogP contribution in [0.1, 0.15) is 13.3 Å². The quantitative estimate of drug-likeness (QED) is 0.894. The zero-order valence-electron chi connectivity index (χ0n) is 8.97. The lowest BCUT2D eigenvalue weighted by Gasteiger charge is -2.14. The number of para-hydroxylation sites is 1. The molecule has 1 unspecified atom stereocenters. The number of amides is 1. The Morgan fingerprint density at radius 3 is 2.81 bits per heavy atom. The number of carbonyl (C=O) groups excluding carboxylic acids is 1. The number of halogens is 2. The van der Waals surface area contributed by atoms with Gasteiger partial charge in [0.2, 0.25) is 5.91 Å². The Balaban J connectivity index is 2.84. The van der Waals surface area contributed by atoms with Crippen LogP contribution in [-0.2, 0) is 4.79 Å². The van der Waals surface area contributed by atoms with Crippen LogP contribution in [0.4, 0.5) is 10.1 Å². The van der Waals surface area contributed by atoms with E-state index in [1.165, 1.54) is 6.07 Å². The summed E-state index contributed by atoms with van der Waals surface area (Å²) in [5.74, 6) is -1.00. The van der Waals surface area contributed by atoms with Crippen molar-refractivity contribution >= 4 is 27.5 Å². The van der Waals surface area contributed by atoms with Gasteiger partial charge < -0.3 is 11.1 Å². The average Bonchev–Trinajstić information content (AvgIpc) is 2.25. The van der Waals surface area contributed by atoms with E-state index in [2.05, 4.69) is 21.2 Å². The van der Waals surface area contributed by atoms with Gasteiger partial charge in [0.05, 0.1) is 11.6 Å². The molecule has 1 amide bonds. The van der Waals surface area contributed by atoms with Gasteiger partial charge >= 0.3 is 0 Å². The van der Waals surface area contributed by atoms with Crippen LogP contribution in [-0.4, -0.2) is 12.5 Å². The molecule has 3 nitrogen and oxygen atoms in total. The highest BCUT2D eigenvalue weighted by atomic mass is 79.9. The number of hydrogen-bond donors (Lipinski definition) is 2. The predicted molar refractivity (Wildman–Crippen MR) is 65.6 cm³/mol. The second-order valence-corrected chi connectivity index (χ2v) is 4.28. The number of benzene rings is 1. The molecule has 0 saturated carbocycles. The Morgan fingerprint density at radius 1 is 1.62 bits per heavy atom. The van der Waals surface area contributed by atoms with Crippen LogP contribution in [0.3, 0.4) is 0 Å². The molecule has 0 aliphatic carbocycles. The molecule has 1 rings (SSSR count). The SMILES string of the molecule is CCC(CN)C(=O)Nc1c(F)cccc1Br. The van der Waals surface area contributed by atoms with Gasteiger partial charge in [-0.25, -0.2) is 4.39 Å². The largest absolute Gasteiger partial charge is 0.330 e. The van der Waals surface area contributed by atoms with Crippen molar-refractivity contribution in [3.05, 3.63) is 28.5 Å². The molecular weight excluding hydrogens is 275 g/mol. The zero-order chi connectivity index (χ0) is 12.1. The van der Waals surface area contributed by atoms with Crippen molar-refractivity contribution in [1.29, 1.82) is 0 Å². The van der Waals surface area contributed by atoms with Crippen molar-refractivity contribution in [2.45, 2.75) is 13.3 Å². The zero-order valence-corrected chi connectivity index (χ0v) is 10.6. The second-order valence-electron chi connectivity index (χ2n) is 3.43. The van der Waals surface area contributed by atoms with Crippen molar-refractivity contribution in [3.63, 3.8) is 0 Å². The summed E-state index contributed by atoms with van der Waals surface area (Å²) in [4.78, 5) is 11.7. The number of hydrogen-bond acceptors (Lipinski definition) is 2. The Bertz CT molecular complexity index is 360. The number of nitrogens with two attached hydrogens (primary N) is 1. The highest BCUT2D eigenvalue weighted by Crippen LogP contribution is 2.25. The summed E-state index contributed by atoms with van der Waals surface area (Å²) < 4.78 is 13.9. The molecule has 0 aliphatic heterocycles. The minimum atomic E-state index is -0.463. The number of rotatable bonds is 4. The van der Waals surface area contributed by atoms with Crippen LogP contribution in [0.5, 0.6) is 0 Å². The van der Waals surface area contributed by atoms with Crippen molar-refractivity contribution in [2.24, 2.45) is 11.7 Å². The molecule has 88 valence electrons. The Morgan fingerprint density at radius 2 is 2.31 bits per heavy atom. The number of carbonyl (C=O) groups is 1. The summed E-state index contributed by atoms with van der Waals surface area (Å²) in [6.07, 6.45) is 0.633. The van der Waals surface area contributed by atoms with E-state index in [-0.39, 0.29) is 24.1 Å². The van der Waals surface area contributed by atoms with Gasteiger partial charge in [-0.1, -0.05) is 13.0 Å². The molecule has 0 aromatic heterocycles. The van der Waals surface area contributed by atoms with E-state index in [0.717, 1.165) is 0 Å². The van der Waals surface area contributed by atoms with Crippen LogP contribution < -0.4 is 11.1 Å². The molecule has 1 aromatic carbocycles. The van der Waals surface area contributed by atoms with E-state index in [1.807, 2.05) is 6.92 Å². The fourth-order valence-corrected chi connectivity index (χ4v) is 1.74. The van der Waals surface area contributed by atoms with Gasteiger partial charge in [0.1, 0.15) is 5.82 Å². The lowest BCUT2D eigenvalue weighted by Crippen LogP contribution is -2.29. The Hall–Kier alpha value is -0.940. The van der Waals surface area contributed by atoms with E-state index in [0.29, 0.717) is 10.9 Å². The maximum Gasteiger partial charge on any atom is 0.228 e. The maximum atomic E-state index is 13.4. The molecule has 5 heteroatoms. The average molecular weight is 289 g/mol. The number of nitrogens with one attached hydrogen (secondary N) is 1. The monoisotopic (exact) mass is 288 g/mol. The first-order chi connectivity index (χ1) is 7.60. The standard InChI is InChI=1S/C11H14BrFN2O/c1-2-7(6-14)11(16)15-10-8(12)4-3-5-9(10)13/h3-5,7H,2,6,14H2,1H3,(H,15,16). The molecule has 0 heterocycles. The molecule has 0 radical (unpaired) electrons. The molecule has 0 bridgehead atoms. The predicted octanol–water partition coefficient (Wildman–Crippen LogP) is 2.51. The smallest absolute Gasteiger partial charge is 0.228 e. The first-order valence-electron chi connectivity index (χ1n) is 5.05. The van der Waals surface area contributed by atoms with Crippen molar-refractivity contribution in [1.82, 2.24) is 0 Å². The summed E-state index contributed by atoms with van der Waals surface area (Å²) >= 11 is 3.18. The third-order valence-electron chi connectivity index (χ3n) is 2.36. The maximum absolute atomic E-state index is 13.4. The van der Waals surface area contributed by atoms with Gasteiger partial charge in [0.25, 0.3) is 0 Å². The Labute approximate surface area is 102 Å².